The summed E-state index contributed by atoms with van der Waals surface area (Å²) in [6, 6.07) is 0. The van der Waals surface area contributed by atoms with E-state index < -0.39 is 10.4 Å². The summed E-state index contributed by atoms with van der Waals surface area (Å²) in [5.74, 6) is 0. The van der Waals surface area contributed by atoms with Crippen LogP contribution in [0.2, 0.25) is 0 Å². The predicted molar refractivity (Wildman–Crippen MR) is 37.0 cm³/mol. The van der Waals surface area contributed by atoms with E-state index in [4.69, 9.17) is 0 Å². The Balaban J connectivity index is 2.54. The Hall–Kier alpha value is -0.160. The van der Waals surface area contributed by atoms with Crippen LogP contribution >= 0.6 is 11.8 Å². The van der Waals surface area contributed by atoms with Crippen molar-refractivity contribution in [1.82, 2.24) is 0 Å². The van der Waals surface area contributed by atoms with Gasteiger partial charge in [0.05, 0.1) is 0 Å². The van der Waals surface area contributed by atoms with Crippen molar-refractivity contribution in [3.05, 3.63) is 12.2 Å². The van der Waals surface area contributed by atoms with Crippen molar-refractivity contribution in [3.63, 3.8) is 0 Å². The number of thioether (sulfide) groups is 1. The van der Waals surface area contributed by atoms with Crippen molar-refractivity contribution >= 4 is 11.8 Å². The quantitative estimate of drug-likeness (QED) is 0.498. The third-order valence-electron chi connectivity index (χ3n) is 1.34. The zero-order valence-electron chi connectivity index (χ0n) is 5.56. The van der Waals surface area contributed by atoms with Crippen LogP contribution in [0.25, 0.3) is 0 Å². The van der Waals surface area contributed by atoms with Gasteiger partial charge in [0, 0.05) is 0 Å². The van der Waals surface area contributed by atoms with Gasteiger partial charge in [-0.05, 0) is 30.7 Å². The normalized spacial score (nSPS) is 31.3. The fourth-order valence-electron chi connectivity index (χ4n) is 0.926. The number of alkyl halides is 3. The largest absolute Gasteiger partial charge is 0.444 e. The molecular weight excluding hydrogens is 177 g/mol. The Morgan fingerprint density at radius 1 is 1.45 bits per heavy atom. The zero-order valence-corrected chi connectivity index (χ0v) is 6.37. The maximum atomic E-state index is 11.7. The first-order valence-corrected chi connectivity index (χ1v) is 3.90. The smallest absolute Gasteiger partial charge is 0.376 e. The predicted octanol–water partition coefficient (Wildman–Crippen LogP) is 2.28. The average Bonchev–Trinajstić information content (AvgIpc) is 2.09. The lowest BCUT2D eigenvalue weighted by molar-refractivity contribution is -0.0373. The van der Waals surface area contributed by atoms with Gasteiger partial charge in [0.1, 0.15) is 4.93 Å². The number of aliphatic hydroxyl groups is 1. The minimum Gasteiger partial charge on any atom is -0.376 e. The molecule has 0 aliphatic heterocycles. The Labute approximate surface area is 66.3 Å². The molecule has 0 bridgehead atoms. The highest BCUT2D eigenvalue weighted by molar-refractivity contribution is 8.01. The van der Waals surface area contributed by atoms with E-state index in [-0.39, 0.29) is 18.2 Å². The SMILES string of the molecule is OC1(SC(F)(F)F)C=CCC1. The second kappa shape index (κ2) is 2.71. The van der Waals surface area contributed by atoms with Crippen LogP contribution in [0, 0.1) is 0 Å². The second-order valence-corrected chi connectivity index (χ2v) is 3.71. The number of halogens is 3. The van der Waals surface area contributed by atoms with Crippen LogP contribution in [-0.2, 0) is 0 Å². The Kier molecular flexibility index (Phi) is 2.20. The van der Waals surface area contributed by atoms with Crippen LogP contribution < -0.4 is 0 Å². The third kappa shape index (κ3) is 2.75. The van der Waals surface area contributed by atoms with Gasteiger partial charge in [0.25, 0.3) is 0 Å². The standard InChI is InChI=1S/C6H7F3OS/c7-6(8,9)11-5(10)3-1-2-4-5/h1,3,10H,2,4H2. The van der Waals surface area contributed by atoms with E-state index in [2.05, 4.69) is 0 Å². The molecule has 0 saturated carbocycles. The Morgan fingerprint density at radius 2 is 2.09 bits per heavy atom. The first kappa shape index (κ1) is 8.93. The van der Waals surface area contributed by atoms with Crippen molar-refractivity contribution < 1.29 is 18.3 Å². The van der Waals surface area contributed by atoms with E-state index >= 15 is 0 Å². The van der Waals surface area contributed by atoms with Gasteiger partial charge in [-0.1, -0.05) is 6.08 Å². The van der Waals surface area contributed by atoms with Gasteiger partial charge >= 0.3 is 5.51 Å². The molecule has 1 aliphatic carbocycles. The molecule has 1 unspecified atom stereocenters. The van der Waals surface area contributed by atoms with Crippen molar-refractivity contribution in [2.75, 3.05) is 0 Å². The molecule has 1 atom stereocenters. The minimum absolute atomic E-state index is 0.150. The molecule has 1 rings (SSSR count). The fraction of sp³-hybridized carbons (Fsp3) is 0.667. The summed E-state index contributed by atoms with van der Waals surface area (Å²) in [6.45, 7) is 0. The molecule has 0 aromatic rings. The van der Waals surface area contributed by atoms with Gasteiger partial charge < -0.3 is 5.11 Å². The van der Waals surface area contributed by atoms with E-state index in [9.17, 15) is 18.3 Å². The van der Waals surface area contributed by atoms with E-state index in [1.165, 1.54) is 6.08 Å². The third-order valence-corrected chi connectivity index (χ3v) is 2.27. The minimum atomic E-state index is -4.36. The monoisotopic (exact) mass is 184 g/mol. The van der Waals surface area contributed by atoms with Gasteiger partial charge in [-0.2, -0.15) is 13.2 Å². The van der Waals surface area contributed by atoms with Crippen LogP contribution in [0.3, 0.4) is 0 Å². The maximum absolute atomic E-state index is 11.7. The zero-order chi connectivity index (χ0) is 8.54. The number of hydrogen-bond acceptors (Lipinski definition) is 2. The first-order valence-electron chi connectivity index (χ1n) is 3.08. The molecular formula is C6H7F3OS. The van der Waals surface area contributed by atoms with Gasteiger partial charge in [-0.3, -0.25) is 0 Å². The summed E-state index contributed by atoms with van der Waals surface area (Å²) >= 11 is -0.365. The summed E-state index contributed by atoms with van der Waals surface area (Å²) in [5.41, 5.74) is -4.36. The lowest BCUT2D eigenvalue weighted by Crippen LogP contribution is -2.23. The molecule has 5 heteroatoms. The summed E-state index contributed by atoms with van der Waals surface area (Å²) in [4.78, 5) is -1.71. The molecule has 0 aromatic carbocycles. The summed E-state index contributed by atoms with van der Waals surface area (Å²) in [7, 11) is 0. The van der Waals surface area contributed by atoms with Crippen molar-refractivity contribution in [3.8, 4) is 0 Å². The maximum Gasteiger partial charge on any atom is 0.444 e. The van der Waals surface area contributed by atoms with Crippen molar-refractivity contribution in [1.29, 1.82) is 0 Å². The average molecular weight is 184 g/mol. The van der Waals surface area contributed by atoms with Crippen LogP contribution in [0.15, 0.2) is 12.2 Å². The molecule has 0 heterocycles. The second-order valence-electron chi connectivity index (χ2n) is 2.33. The molecule has 0 spiro atoms. The molecule has 11 heavy (non-hydrogen) atoms. The summed E-state index contributed by atoms with van der Waals surface area (Å²) < 4.78 is 35.2. The Bertz CT molecular complexity index is 177. The Morgan fingerprint density at radius 3 is 2.45 bits per heavy atom. The molecule has 1 nitrogen and oxygen atoms in total. The number of allylic oxidation sites excluding steroid dienone is 1. The van der Waals surface area contributed by atoms with Gasteiger partial charge in [-0.15, -0.1) is 0 Å². The van der Waals surface area contributed by atoms with E-state index in [1.54, 1.807) is 6.08 Å². The van der Waals surface area contributed by atoms with E-state index in [0.717, 1.165) is 0 Å². The lowest BCUT2D eigenvalue weighted by Gasteiger charge is -2.20. The number of hydrogen-bond donors (Lipinski definition) is 1. The van der Waals surface area contributed by atoms with E-state index in [0.29, 0.717) is 6.42 Å². The number of rotatable bonds is 1. The first-order chi connectivity index (χ1) is 4.91. The molecule has 0 saturated heterocycles. The van der Waals surface area contributed by atoms with Crippen LogP contribution in [0.5, 0.6) is 0 Å². The van der Waals surface area contributed by atoms with Gasteiger partial charge in [0.15, 0.2) is 0 Å². The highest BCUT2D eigenvalue weighted by Crippen LogP contribution is 2.44. The summed E-state index contributed by atoms with van der Waals surface area (Å²) in [6.07, 6.45) is 3.42. The van der Waals surface area contributed by atoms with Crippen LogP contribution in [-0.4, -0.2) is 15.5 Å². The highest BCUT2D eigenvalue weighted by atomic mass is 32.2. The van der Waals surface area contributed by atoms with Crippen molar-refractivity contribution in [2.24, 2.45) is 0 Å². The summed E-state index contributed by atoms with van der Waals surface area (Å²) in [5, 5.41) is 9.18. The van der Waals surface area contributed by atoms with Crippen LogP contribution in [0.1, 0.15) is 12.8 Å². The molecule has 0 fully saturated rings. The lowest BCUT2D eigenvalue weighted by atomic mass is 10.3. The van der Waals surface area contributed by atoms with Gasteiger partial charge in [-0.25, -0.2) is 0 Å². The van der Waals surface area contributed by atoms with Crippen LogP contribution in [0.4, 0.5) is 13.2 Å². The fourth-order valence-corrected chi connectivity index (χ4v) is 1.71. The topological polar surface area (TPSA) is 20.2 Å². The van der Waals surface area contributed by atoms with Crippen molar-refractivity contribution in [2.45, 2.75) is 23.3 Å². The van der Waals surface area contributed by atoms with Gasteiger partial charge in [0.2, 0.25) is 0 Å². The molecule has 1 aliphatic rings. The molecule has 64 valence electrons. The molecule has 0 radical (unpaired) electrons. The molecule has 0 amide bonds. The van der Waals surface area contributed by atoms with E-state index in [1.807, 2.05) is 0 Å². The molecule has 0 aromatic heterocycles. The molecule has 1 N–H and O–H groups in total. The highest BCUT2D eigenvalue weighted by Gasteiger charge is 2.41.